The molecule has 0 N–H and O–H groups in total. The van der Waals surface area contributed by atoms with E-state index in [1.807, 2.05) is 0 Å². The van der Waals surface area contributed by atoms with E-state index >= 15 is 0 Å². The van der Waals surface area contributed by atoms with Gasteiger partial charge in [0.1, 0.15) is 5.75 Å². The molecule has 0 atom stereocenters. The van der Waals surface area contributed by atoms with Gasteiger partial charge in [0.15, 0.2) is 0 Å². The van der Waals surface area contributed by atoms with Gasteiger partial charge in [0.25, 0.3) is 0 Å². The van der Waals surface area contributed by atoms with E-state index in [4.69, 9.17) is 4.74 Å². The van der Waals surface area contributed by atoms with E-state index in [1.54, 1.807) is 12.8 Å². The highest BCUT2D eigenvalue weighted by Crippen LogP contribution is 2.47. The number of aromatic nitrogens is 1. The quantitative estimate of drug-likeness (QED) is 0.817. The highest BCUT2D eigenvalue weighted by molar-refractivity contribution is 5.69. The van der Waals surface area contributed by atoms with E-state index in [0.717, 1.165) is 31.3 Å². The third-order valence-electron chi connectivity index (χ3n) is 5.48. The van der Waals surface area contributed by atoms with Crippen LogP contribution in [0.1, 0.15) is 50.9 Å². The minimum absolute atomic E-state index is 0.232. The SMILES string of the molecule is COc1ccc(-c2cc3n(c2C2CC2)CCN(C(C)(C)C)C3)cc1. The predicted octanol–water partition coefficient (Wildman–Crippen LogP) is 4.66. The van der Waals surface area contributed by atoms with E-state index in [2.05, 4.69) is 60.6 Å². The summed E-state index contributed by atoms with van der Waals surface area (Å²) in [4.78, 5) is 2.59. The van der Waals surface area contributed by atoms with Gasteiger partial charge in [-0.3, -0.25) is 4.90 Å². The molecule has 2 heterocycles. The lowest BCUT2D eigenvalue weighted by atomic mass is 10.0. The van der Waals surface area contributed by atoms with E-state index in [-0.39, 0.29) is 5.54 Å². The van der Waals surface area contributed by atoms with Crippen molar-refractivity contribution in [2.45, 2.75) is 58.2 Å². The van der Waals surface area contributed by atoms with Crippen molar-refractivity contribution in [2.75, 3.05) is 13.7 Å². The molecule has 4 rings (SSSR count). The summed E-state index contributed by atoms with van der Waals surface area (Å²) in [5.41, 5.74) is 6.04. The van der Waals surface area contributed by atoms with E-state index < -0.39 is 0 Å². The standard InChI is InChI=1S/C21H28N2O/c1-21(2,3)22-11-12-23-17(14-22)13-19(20(23)16-5-6-16)15-7-9-18(24-4)10-8-15/h7-10,13,16H,5-6,11-12,14H2,1-4H3. The summed E-state index contributed by atoms with van der Waals surface area (Å²) in [5.74, 6) is 1.69. The molecule has 1 saturated carbocycles. The minimum Gasteiger partial charge on any atom is -0.497 e. The van der Waals surface area contributed by atoms with Crippen LogP contribution in [0.2, 0.25) is 0 Å². The Hall–Kier alpha value is -1.74. The van der Waals surface area contributed by atoms with E-state index in [1.165, 1.54) is 29.7 Å². The van der Waals surface area contributed by atoms with Crippen LogP contribution in [0, 0.1) is 0 Å². The molecule has 0 radical (unpaired) electrons. The largest absolute Gasteiger partial charge is 0.497 e. The van der Waals surface area contributed by atoms with Crippen LogP contribution in [0.4, 0.5) is 0 Å². The maximum absolute atomic E-state index is 5.32. The Bertz CT molecular complexity index is 732. The van der Waals surface area contributed by atoms with E-state index in [9.17, 15) is 0 Å². The summed E-state index contributed by atoms with van der Waals surface area (Å²) in [7, 11) is 1.72. The summed E-state index contributed by atoms with van der Waals surface area (Å²) in [5, 5.41) is 0. The van der Waals surface area contributed by atoms with Crippen LogP contribution in [0.5, 0.6) is 5.75 Å². The fourth-order valence-corrected chi connectivity index (χ4v) is 3.88. The summed E-state index contributed by atoms with van der Waals surface area (Å²) in [6, 6.07) is 11.0. The Morgan fingerprint density at radius 2 is 1.75 bits per heavy atom. The van der Waals surface area contributed by atoms with Gasteiger partial charge in [-0.25, -0.2) is 0 Å². The first-order valence-electron chi connectivity index (χ1n) is 9.09. The molecule has 3 heteroatoms. The molecular formula is C21H28N2O. The lowest BCUT2D eigenvalue weighted by molar-refractivity contribution is 0.102. The Kier molecular flexibility index (Phi) is 3.72. The zero-order chi connectivity index (χ0) is 16.9. The van der Waals surface area contributed by atoms with Gasteiger partial charge >= 0.3 is 0 Å². The highest BCUT2D eigenvalue weighted by atomic mass is 16.5. The minimum atomic E-state index is 0.232. The molecular weight excluding hydrogens is 296 g/mol. The van der Waals surface area contributed by atoms with Crippen molar-refractivity contribution >= 4 is 0 Å². The molecule has 0 amide bonds. The summed E-state index contributed by atoms with van der Waals surface area (Å²) in [6.45, 7) is 10.3. The number of methoxy groups -OCH3 is 1. The number of nitrogens with zero attached hydrogens (tertiary/aromatic N) is 2. The highest BCUT2D eigenvalue weighted by Gasteiger charge is 2.34. The second-order valence-corrected chi connectivity index (χ2v) is 8.18. The van der Waals surface area contributed by atoms with Gasteiger partial charge in [-0.15, -0.1) is 0 Å². The molecule has 1 aromatic heterocycles. The number of benzene rings is 1. The molecule has 128 valence electrons. The first-order chi connectivity index (χ1) is 11.5. The first-order valence-corrected chi connectivity index (χ1v) is 9.09. The van der Waals surface area contributed by atoms with Crippen molar-refractivity contribution in [1.29, 1.82) is 0 Å². The Morgan fingerprint density at radius 3 is 2.33 bits per heavy atom. The maximum Gasteiger partial charge on any atom is 0.118 e. The number of hydrogen-bond donors (Lipinski definition) is 0. The van der Waals surface area contributed by atoms with Crippen molar-refractivity contribution in [2.24, 2.45) is 0 Å². The van der Waals surface area contributed by atoms with Crippen LogP contribution in [0.3, 0.4) is 0 Å². The van der Waals surface area contributed by atoms with Gasteiger partial charge in [-0.2, -0.15) is 0 Å². The number of rotatable bonds is 3. The smallest absolute Gasteiger partial charge is 0.118 e. The fourth-order valence-electron chi connectivity index (χ4n) is 3.88. The number of ether oxygens (including phenoxy) is 1. The average molecular weight is 324 g/mol. The molecule has 1 aromatic carbocycles. The Balaban J connectivity index is 1.74. The third-order valence-corrected chi connectivity index (χ3v) is 5.48. The lowest BCUT2D eigenvalue weighted by Crippen LogP contribution is -2.45. The Labute approximate surface area is 145 Å². The van der Waals surface area contributed by atoms with Gasteiger partial charge in [0.2, 0.25) is 0 Å². The molecule has 2 aliphatic rings. The molecule has 2 aromatic rings. The molecule has 0 saturated heterocycles. The Morgan fingerprint density at radius 1 is 1.04 bits per heavy atom. The fraction of sp³-hybridized carbons (Fsp3) is 0.524. The van der Waals surface area contributed by atoms with Crippen LogP contribution >= 0.6 is 0 Å². The van der Waals surface area contributed by atoms with Crippen LogP contribution in [0.25, 0.3) is 11.1 Å². The van der Waals surface area contributed by atoms with Crippen LogP contribution in [-0.4, -0.2) is 28.7 Å². The van der Waals surface area contributed by atoms with Crippen LogP contribution < -0.4 is 4.74 Å². The van der Waals surface area contributed by atoms with Gasteiger partial charge < -0.3 is 9.30 Å². The molecule has 0 bridgehead atoms. The number of fused-ring (bicyclic) bond motifs is 1. The van der Waals surface area contributed by atoms with Crippen LogP contribution in [-0.2, 0) is 13.1 Å². The molecule has 0 spiro atoms. The molecule has 24 heavy (non-hydrogen) atoms. The zero-order valence-corrected chi connectivity index (χ0v) is 15.3. The van der Waals surface area contributed by atoms with Crippen molar-refractivity contribution in [3.63, 3.8) is 0 Å². The van der Waals surface area contributed by atoms with Crippen molar-refractivity contribution in [3.8, 4) is 16.9 Å². The van der Waals surface area contributed by atoms with Gasteiger partial charge in [-0.1, -0.05) is 12.1 Å². The molecule has 0 unspecified atom stereocenters. The van der Waals surface area contributed by atoms with Gasteiger partial charge in [0, 0.05) is 42.1 Å². The van der Waals surface area contributed by atoms with E-state index in [0.29, 0.717) is 0 Å². The topological polar surface area (TPSA) is 17.4 Å². The van der Waals surface area contributed by atoms with Crippen LogP contribution in [0.15, 0.2) is 30.3 Å². The van der Waals surface area contributed by atoms with Crippen molar-refractivity contribution < 1.29 is 4.74 Å². The van der Waals surface area contributed by atoms with Crippen molar-refractivity contribution in [3.05, 3.63) is 41.7 Å². The summed E-state index contributed by atoms with van der Waals surface area (Å²) in [6.07, 6.45) is 2.69. The monoisotopic (exact) mass is 324 g/mol. The normalized spacial score (nSPS) is 18.5. The average Bonchev–Trinajstić information content (AvgIpc) is 3.33. The first kappa shape index (κ1) is 15.8. The number of hydrogen-bond acceptors (Lipinski definition) is 2. The second kappa shape index (κ2) is 5.66. The summed E-state index contributed by atoms with van der Waals surface area (Å²) < 4.78 is 7.93. The third kappa shape index (κ3) is 2.75. The van der Waals surface area contributed by atoms with Gasteiger partial charge in [-0.05, 0) is 63.3 Å². The summed E-state index contributed by atoms with van der Waals surface area (Å²) >= 11 is 0. The predicted molar refractivity (Wildman–Crippen MR) is 98.6 cm³/mol. The molecule has 1 fully saturated rings. The lowest BCUT2D eigenvalue weighted by Gasteiger charge is -2.39. The molecule has 1 aliphatic carbocycles. The zero-order valence-electron chi connectivity index (χ0n) is 15.3. The van der Waals surface area contributed by atoms with Gasteiger partial charge in [0.05, 0.1) is 7.11 Å². The molecule has 3 nitrogen and oxygen atoms in total. The second-order valence-electron chi connectivity index (χ2n) is 8.18. The molecule has 1 aliphatic heterocycles. The maximum atomic E-state index is 5.32. The van der Waals surface area contributed by atoms with Crippen molar-refractivity contribution in [1.82, 2.24) is 9.47 Å².